The maximum absolute atomic E-state index is 8.88. The number of rotatable bonds is 1. The fourth-order valence-electron chi connectivity index (χ4n) is 0.636. The van der Waals surface area contributed by atoms with Crippen LogP contribution in [0.3, 0.4) is 0 Å². The first kappa shape index (κ1) is 9.48. The van der Waals surface area contributed by atoms with Crippen LogP contribution in [0.2, 0.25) is 0 Å². The maximum atomic E-state index is 8.88. The van der Waals surface area contributed by atoms with E-state index in [2.05, 4.69) is 10.1 Å². The van der Waals surface area contributed by atoms with Crippen molar-refractivity contribution in [2.24, 2.45) is 0 Å². The highest BCUT2D eigenvalue weighted by Crippen LogP contribution is 2.22. The minimum Gasteiger partial charge on any atom is -0.371 e. The van der Waals surface area contributed by atoms with Gasteiger partial charge in [-0.25, -0.2) is 0 Å². The summed E-state index contributed by atoms with van der Waals surface area (Å²) in [7, 11) is 0. The van der Waals surface area contributed by atoms with E-state index in [1.165, 1.54) is 0 Å². The molecule has 12 heavy (non-hydrogen) atoms. The van der Waals surface area contributed by atoms with Gasteiger partial charge in [-0.3, -0.25) is 0 Å². The van der Waals surface area contributed by atoms with Crippen LogP contribution < -0.4 is 0 Å². The summed E-state index contributed by atoms with van der Waals surface area (Å²) in [6.07, 6.45) is 0. The van der Waals surface area contributed by atoms with Gasteiger partial charge in [0, 0.05) is 5.41 Å². The molecule has 1 atom stereocenters. The number of aliphatic hydroxyl groups is 1. The van der Waals surface area contributed by atoms with Gasteiger partial charge < -0.3 is 9.63 Å². The minimum absolute atomic E-state index is 0.113. The van der Waals surface area contributed by atoms with E-state index in [4.69, 9.17) is 21.2 Å². The van der Waals surface area contributed by atoms with Gasteiger partial charge in [-0.15, -0.1) is 0 Å². The van der Waals surface area contributed by atoms with Crippen LogP contribution in [0, 0.1) is 0 Å². The van der Waals surface area contributed by atoms with E-state index in [0.717, 1.165) is 0 Å². The van der Waals surface area contributed by atoms with Crippen molar-refractivity contribution < 1.29 is 9.63 Å². The molecule has 1 aromatic heterocycles. The molecule has 1 unspecified atom stereocenters. The highest BCUT2D eigenvalue weighted by atomic mass is 35.5. The minimum atomic E-state index is -1.19. The summed E-state index contributed by atoms with van der Waals surface area (Å²) in [4.78, 5) is 3.92. The summed E-state index contributed by atoms with van der Waals surface area (Å²) in [6, 6.07) is 0. The van der Waals surface area contributed by atoms with Gasteiger partial charge in [-0.1, -0.05) is 37.5 Å². The zero-order chi connectivity index (χ0) is 9.35. The smallest absolute Gasteiger partial charge is 0.232 e. The highest BCUT2D eigenvalue weighted by Gasteiger charge is 2.23. The third-order valence-electron chi connectivity index (χ3n) is 1.30. The van der Waals surface area contributed by atoms with E-state index in [9.17, 15) is 0 Å². The van der Waals surface area contributed by atoms with Crippen LogP contribution in [-0.4, -0.2) is 15.2 Å². The summed E-state index contributed by atoms with van der Waals surface area (Å²) in [6.45, 7) is 5.81. The van der Waals surface area contributed by atoms with Crippen LogP contribution in [0.25, 0.3) is 0 Å². The van der Waals surface area contributed by atoms with Gasteiger partial charge in [0.1, 0.15) is 0 Å². The lowest BCUT2D eigenvalue weighted by Crippen LogP contribution is -2.11. The average Bonchev–Trinajstić information content (AvgIpc) is 2.30. The summed E-state index contributed by atoms with van der Waals surface area (Å²) in [5.41, 5.74) is -1.40. The van der Waals surface area contributed by atoms with Crippen molar-refractivity contribution in [3.63, 3.8) is 0 Å². The Hall–Kier alpha value is -0.610. The average molecular weight is 191 g/mol. The van der Waals surface area contributed by atoms with Crippen molar-refractivity contribution >= 4 is 11.6 Å². The molecule has 0 radical (unpaired) electrons. The summed E-state index contributed by atoms with van der Waals surface area (Å²) >= 11 is 5.34. The second kappa shape index (κ2) is 3.03. The maximum Gasteiger partial charge on any atom is 0.232 e. The van der Waals surface area contributed by atoms with Crippen LogP contribution in [0.1, 0.15) is 38.0 Å². The van der Waals surface area contributed by atoms with Gasteiger partial charge in [-0.2, -0.15) is 4.98 Å². The topological polar surface area (TPSA) is 59.2 Å². The van der Waals surface area contributed by atoms with E-state index in [1.807, 2.05) is 20.8 Å². The zero-order valence-corrected chi connectivity index (χ0v) is 7.96. The molecule has 0 saturated carbocycles. The lowest BCUT2D eigenvalue weighted by Gasteiger charge is -2.10. The monoisotopic (exact) mass is 190 g/mol. The predicted molar refractivity (Wildman–Crippen MR) is 43.8 cm³/mol. The first-order chi connectivity index (χ1) is 5.41. The van der Waals surface area contributed by atoms with Gasteiger partial charge in [0.2, 0.25) is 11.7 Å². The van der Waals surface area contributed by atoms with Crippen LogP contribution in [-0.2, 0) is 5.41 Å². The molecule has 68 valence electrons. The number of hydrogen-bond donors (Lipinski definition) is 1. The first-order valence-corrected chi connectivity index (χ1v) is 4.01. The van der Waals surface area contributed by atoms with Crippen molar-refractivity contribution in [2.45, 2.75) is 31.7 Å². The molecule has 0 spiro atoms. The number of aromatic nitrogens is 2. The molecular formula is C7H11ClN2O2. The van der Waals surface area contributed by atoms with Crippen molar-refractivity contribution in [1.82, 2.24) is 10.1 Å². The van der Waals surface area contributed by atoms with E-state index >= 15 is 0 Å². The lowest BCUT2D eigenvalue weighted by molar-refractivity contribution is 0.243. The molecule has 1 N–H and O–H groups in total. The van der Waals surface area contributed by atoms with Crippen LogP contribution >= 0.6 is 11.6 Å². The second-order valence-electron chi connectivity index (χ2n) is 3.54. The van der Waals surface area contributed by atoms with Crippen LogP contribution in [0.15, 0.2) is 4.52 Å². The fraction of sp³-hybridized carbons (Fsp3) is 0.714. The molecular weight excluding hydrogens is 180 g/mol. The summed E-state index contributed by atoms with van der Waals surface area (Å²) in [5.74, 6) is 0.582. The summed E-state index contributed by atoms with van der Waals surface area (Å²) in [5, 5.41) is 12.4. The zero-order valence-electron chi connectivity index (χ0n) is 7.21. The van der Waals surface area contributed by atoms with E-state index in [-0.39, 0.29) is 11.2 Å². The third-order valence-corrected chi connectivity index (χ3v) is 1.49. The Balaban J connectivity index is 2.92. The quantitative estimate of drug-likeness (QED) is 0.684. The molecule has 1 heterocycles. The Kier molecular flexibility index (Phi) is 2.39. The van der Waals surface area contributed by atoms with Gasteiger partial charge >= 0.3 is 0 Å². The molecule has 4 nitrogen and oxygen atoms in total. The number of nitrogens with zero attached hydrogens (tertiary/aromatic N) is 2. The molecule has 0 aliphatic rings. The molecule has 5 heteroatoms. The second-order valence-corrected chi connectivity index (χ2v) is 3.96. The van der Waals surface area contributed by atoms with Crippen molar-refractivity contribution in [2.75, 3.05) is 0 Å². The standard InChI is InChI=1S/C7H11ClN2O2/c1-7(2,3)6-9-5(4(8)11)10-12-6/h4,11H,1-3H3. The molecule has 0 fully saturated rings. The third kappa shape index (κ3) is 1.95. The molecule has 1 aromatic rings. The molecule has 1 rings (SSSR count). The largest absolute Gasteiger partial charge is 0.371 e. The van der Waals surface area contributed by atoms with E-state index < -0.39 is 5.56 Å². The Morgan fingerprint density at radius 1 is 1.50 bits per heavy atom. The molecule has 0 aromatic carbocycles. The Morgan fingerprint density at radius 3 is 2.33 bits per heavy atom. The van der Waals surface area contributed by atoms with Crippen molar-refractivity contribution in [3.05, 3.63) is 11.7 Å². The molecule has 0 aliphatic carbocycles. The Labute approximate surface area is 75.5 Å². The molecule has 0 aliphatic heterocycles. The van der Waals surface area contributed by atoms with Crippen molar-refractivity contribution in [3.8, 4) is 0 Å². The van der Waals surface area contributed by atoms with E-state index in [1.54, 1.807) is 0 Å². The number of halogens is 1. The van der Waals surface area contributed by atoms with E-state index in [0.29, 0.717) is 5.89 Å². The molecule has 0 amide bonds. The van der Waals surface area contributed by atoms with Gasteiger partial charge in [0.05, 0.1) is 0 Å². The summed E-state index contributed by atoms with van der Waals surface area (Å²) < 4.78 is 4.88. The first-order valence-electron chi connectivity index (χ1n) is 3.57. The van der Waals surface area contributed by atoms with Gasteiger partial charge in [0.15, 0.2) is 5.56 Å². The van der Waals surface area contributed by atoms with Crippen LogP contribution in [0.4, 0.5) is 0 Å². The lowest BCUT2D eigenvalue weighted by atomic mass is 9.97. The van der Waals surface area contributed by atoms with Gasteiger partial charge in [-0.05, 0) is 0 Å². The fourth-order valence-corrected chi connectivity index (χ4v) is 0.725. The predicted octanol–water partition coefficient (Wildman–Crippen LogP) is 1.60. The SMILES string of the molecule is CC(C)(C)c1nc(C(O)Cl)no1. The molecule has 0 bridgehead atoms. The van der Waals surface area contributed by atoms with Crippen LogP contribution in [0.5, 0.6) is 0 Å². The molecule has 0 saturated heterocycles. The van der Waals surface area contributed by atoms with Crippen molar-refractivity contribution in [1.29, 1.82) is 0 Å². The number of alkyl halides is 1. The highest BCUT2D eigenvalue weighted by molar-refractivity contribution is 6.19. The number of hydrogen-bond acceptors (Lipinski definition) is 4. The Morgan fingerprint density at radius 2 is 2.08 bits per heavy atom. The Bertz CT molecular complexity index is 265. The normalized spacial score (nSPS) is 14.8. The van der Waals surface area contributed by atoms with Gasteiger partial charge in [0.25, 0.3) is 0 Å². The number of aliphatic hydroxyl groups excluding tert-OH is 1.